The maximum Gasteiger partial charge on any atom is 0.132 e. The van der Waals surface area contributed by atoms with E-state index in [1.807, 2.05) is 6.07 Å². The van der Waals surface area contributed by atoms with Gasteiger partial charge in [-0.1, -0.05) is 6.07 Å². The summed E-state index contributed by atoms with van der Waals surface area (Å²) in [5, 5.41) is 0.611. The molecule has 0 saturated carbocycles. The second kappa shape index (κ2) is 2.60. The summed E-state index contributed by atoms with van der Waals surface area (Å²) in [6, 6.07) is 4.95. The van der Waals surface area contributed by atoms with Crippen molar-refractivity contribution in [1.82, 2.24) is 4.98 Å². The summed E-state index contributed by atoms with van der Waals surface area (Å²) in [7, 11) is 0. The van der Waals surface area contributed by atoms with Crippen LogP contribution in [-0.2, 0) is 6.54 Å². The number of nitrogens with two attached hydrogens (primary N) is 1. The second-order valence-corrected chi connectivity index (χ2v) is 2.68. The summed E-state index contributed by atoms with van der Waals surface area (Å²) in [5.41, 5.74) is 7.07. The van der Waals surface area contributed by atoms with E-state index < -0.39 is 0 Å². The van der Waals surface area contributed by atoms with Crippen LogP contribution in [0.2, 0.25) is 0 Å². The van der Waals surface area contributed by atoms with Gasteiger partial charge in [-0.25, -0.2) is 4.39 Å². The van der Waals surface area contributed by atoms with E-state index in [-0.39, 0.29) is 5.82 Å². The summed E-state index contributed by atoms with van der Waals surface area (Å²) < 4.78 is 13.2. The third-order valence-corrected chi connectivity index (χ3v) is 1.96. The highest BCUT2D eigenvalue weighted by atomic mass is 19.1. The lowest BCUT2D eigenvalue weighted by Crippen LogP contribution is -1.95. The van der Waals surface area contributed by atoms with Crippen LogP contribution in [0.3, 0.4) is 0 Å². The number of halogens is 1. The average molecular weight is 164 g/mol. The van der Waals surface area contributed by atoms with Crippen LogP contribution in [0, 0.1) is 5.82 Å². The van der Waals surface area contributed by atoms with Gasteiger partial charge in [0.15, 0.2) is 0 Å². The highest BCUT2D eigenvalue weighted by Gasteiger charge is 2.05. The van der Waals surface area contributed by atoms with Gasteiger partial charge in [-0.05, 0) is 17.7 Å². The number of hydrogen-bond acceptors (Lipinski definition) is 1. The first-order chi connectivity index (χ1) is 5.83. The third kappa shape index (κ3) is 0.905. The molecule has 1 aromatic heterocycles. The third-order valence-electron chi connectivity index (χ3n) is 1.96. The molecule has 0 aliphatic rings. The van der Waals surface area contributed by atoms with E-state index in [9.17, 15) is 4.39 Å². The summed E-state index contributed by atoms with van der Waals surface area (Å²) in [6.07, 6.45) is 1.74. The van der Waals surface area contributed by atoms with Crippen molar-refractivity contribution in [2.24, 2.45) is 5.73 Å². The van der Waals surface area contributed by atoms with Gasteiger partial charge in [0.1, 0.15) is 5.82 Å². The molecule has 3 N–H and O–H groups in total. The topological polar surface area (TPSA) is 41.8 Å². The molecule has 0 bridgehead atoms. The maximum atomic E-state index is 13.2. The Morgan fingerprint density at radius 1 is 1.42 bits per heavy atom. The largest absolute Gasteiger partial charge is 0.361 e. The lowest BCUT2D eigenvalue weighted by Gasteiger charge is -1.94. The summed E-state index contributed by atoms with van der Waals surface area (Å²) in [5.74, 6) is -0.214. The minimum absolute atomic E-state index is 0.214. The number of H-pyrrole nitrogens is 1. The monoisotopic (exact) mass is 164 g/mol. The molecule has 1 heterocycles. The Labute approximate surface area is 69.2 Å². The SMILES string of the molecule is NCc1c[nH]c2cccc(F)c12. The number of benzene rings is 1. The van der Waals surface area contributed by atoms with Crippen LogP contribution in [0.1, 0.15) is 5.56 Å². The van der Waals surface area contributed by atoms with Crippen LogP contribution in [0.5, 0.6) is 0 Å². The molecule has 0 amide bonds. The molecule has 12 heavy (non-hydrogen) atoms. The highest BCUT2D eigenvalue weighted by molar-refractivity contribution is 5.83. The van der Waals surface area contributed by atoms with Crippen molar-refractivity contribution in [2.45, 2.75) is 6.54 Å². The maximum absolute atomic E-state index is 13.2. The molecule has 2 rings (SSSR count). The number of aromatic amines is 1. The molecule has 0 aliphatic carbocycles. The van der Waals surface area contributed by atoms with Crippen molar-refractivity contribution in [1.29, 1.82) is 0 Å². The minimum Gasteiger partial charge on any atom is -0.361 e. The van der Waals surface area contributed by atoms with Crippen molar-refractivity contribution < 1.29 is 4.39 Å². The van der Waals surface area contributed by atoms with Crippen molar-refractivity contribution in [3.63, 3.8) is 0 Å². The van der Waals surface area contributed by atoms with Gasteiger partial charge in [-0.15, -0.1) is 0 Å². The van der Waals surface area contributed by atoms with Crippen molar-refractivity contribution in [3.8, 4) is 0 Å². The minimum atomic E-state index is -0.214. The Balaban J connectivity index is 2.83. The van der Waals surface area contributed by atoms with Crippen LogP contribution in [0.15, 0.2) is 24.4 Å². The van der Waals surface area contributed by atoms with E-state index in [0.29, 0.717) is 11.9 Å². The first kappa shape index (κ1) is 7.31. The number of nitrogens with one attached hydrogen (secondary N) is 1. The van der Waals surface area contributed by atoms with Crippen LogP contribution < -0.4 is 5.73 Å². The Morgan fingerprint density at radius 3 is 3.00 bits per heavy atom. The van der Waals surface area contributed by atoms with E-state index in [2.05, 4.69) is 4.98 Å². The lowest BCUT2D eigenvalue weighted by molar-refractivity contribution is 0.639. The molecule has 0 unspecified atom stereocenters. The van der Waals surface area contributed by atoms with Crippen molar-refractivity contribution in [2.75, 3.05) is 0 Å². The zero-order valence-electron chi connectivity index (χ0n) is 6.47. The molecule has 0 fully saturated rings. The van der Waals surface area contributed by atoms with Gasteiger partial charge in [0.05, 0.1) is 0 Å². The highest BCUT2D eigenvalue weighted by Crippen LogP contribution is 2.20. The molecular formula is C9H9FN2. The molecular weight excluding hydrogens is 155 g/mol. The zero-order valence-corrected chi connectivity index (χ0v) is 6.47. The fraction of sp³-hybridized carbons (Fsp3) is 0.111. The molecule has 3 heteroatoms. The average Bonchev–Trinajstić information content (AvgIpc) is 2.49. The number of hydrogen-bond donors (Lipinski definition) is 2. The summed E-state index contributed by atoms with van der Waals surface area (Å²) >= 11 is 0. The molecule has 0 radical (unpaired) electrons. The van der Waals surface area contributed by atoms with Gasteiger partial charge in [0, 0.05) is 23.6 Å². The predicted molar refractivity (Wildman–Crippen MR) is 46.1 cm³/mol. The van der Waals surface area contributed by atoms with E-state index in [0.717, 1.165) is 11.1 Å². The van der Waals surface area contributed by atoms with Gasteiger partial charge in [-0.3, -0.25) is 0 Å². The van der Waals surface area contributed by atoms with Crippen LogP contribution in [0.4, 0.5) is 4.39 Å². The molecule has 0 aliphatic heterocycles. The van der Waals surface area contributed by atoms with E-state index in [1.165, 1.54) is 6.07 Å². The smallest absolute Gasteiger partial charge is 0.132 e. The number of fused-ring (bicyclic) bond motifs is 1. The van der Waals surface area contributed by atoms with Crippen LogP contribution >= 0.6 is 0 Å². The van der Waals surface area contributed by atoms with E-state index in [4.69, 9.17) is 5.73 Å². The molecule has 2 nitrogen and oxygen atoms in total. The normalized spacial score (nSPS) is 10.8. The fourth-order valence-corrected chi connectivity index (χ4v) is 1.37. The van der Waals surface area contributed by atoms with Gasteiger partial charge in [-0.2, -0.15) is 0 Å². The molecule has 0 spiro atoms. The summed E-state index contributed by atoms with van der Waals surface area (Å²) in [4.78, 5) is 2.96. The standard InChI is InChI=1S/C9H9FN2/c10-7-2-1-3-8-9(7)6(4-11)5-12-8/h1-3,5,12H,4,11H2. The zero-order chi connectivity index (χ0) is 8.55. The molecule has 1 aromatic carbocycles. The first-order valence-electron chi connectivity index (χ1n) is 3.77. The molecule has 2 aromatic rings. The number of aromatic nitrogens is 1. The van der Waals surface area contributed by atoms with Crippen molar-refractivity contribution >= 4 is 10.9 Å². The van der Waals surface area contributed by atoms with Gasteiger partial charge in [0.2, 0.25) is 0 Å². The molecule has 62 valence electrons. The van der Waals surface area contributed by atoms with Crippen LogP contribution in [0.25, 0.3) is 10.9 Å². The van der Waals surface area contributed by atoms with E-state index >= 15 is 0 Å². The van der Waals surface area contributed by atoms with Gasteiger partial charge < -0.3 is 10.7 Å². The second-order valence-electron chi connectivity index (χ2n) is 2.68. The van der Waals surface area contributed by atoms with E-state index in [1.54, 1.807) is 12.3 Å². The summed E-state index contributed by atoms with van der Waals surface area (Å²) in [6.45, 7) is 0.362. The molecule has 0 saturated heterocycles. The Kier molecular flexibility index (Phi) is 1.59. The Morgan fingerprint density at radius 2 is 2.25 bits per heavy atom. The van der Waals surface area contributed by atoms with Crippen LogP contribution in [-0.4, -0.2) is 4.98 Å². The first-order valence-corrected chi connectivity index (χ1v) is 3.77. The fourth-order valence-electron chi connectivity index (χ4n) is 1.37. The molecule has 0 atom stereocenters. The van der Waals surface area contributed by atoms with Gasteiger partial charge >= 0.3 is 0 Å². The Hall–Kier alpha value is -1.35. The lowest BCUT2D eigenvalue weighted by atomic mass is 10.2. The quantitative estimate of drug-likeness (QED) is 0.662. The van der Waals surface area contributed by atoms with Crippen molar-refractivity contribution in [3.05, 3.63) is 35.8 Å². The number of rotatable bonds is 1. The Bertz CT molecular complexity index is 406. The van der Waals surface area contributed by atoms with Gasteiger partial charge in [0.25, 0.3) is 0 Å². The predicted octanol–water partition coefficient (Wildman–Crippen LogP) is 1.77.